The molecule has 0 saturated heterocycles. The normalized spacial score (nSPS) is 13.6. The van der Waals surface area contributed by atoms with Crippen LogP contribution in [0.5, 0.6) is 0 Å². The average Bonchev–Trinajstić information content (AvgIpc) is 2.24. The smallest absolute Gasteiger partial charge is 0.0881 e. The largest absolute Gasteiger partial charge is 0.513 e. The molecule has 0 aliphatic carbocycles. The molecule has 0 aliphatic heterocycles. The van der Waals surface area contributed by atoms with E-state index in [0.29, 0.717) is 17.1 Å². The number of hydrogen-bond donors (Lipinski definition) is 2. The van der Waals surface area contributed by atoms with Gasteiger partial charge < -0.3 is 10.4 Å². The molecule has 0 rings (SSSR count). The number of aliphatic hydroxyl groups is 1. The van der Waals surface area contributed by atoms with Crippen molar-refractivity contribution in [2.75, 3.05) is 13.1 Å². The lowest BCUT2D eigenvalue weighted by atomic mass is 9.95. The second-order valence-electron chi connectivity index (χ2n) is 6.56. The van der Waals surface area contributed by atoms with Gasteiger partial charge in [0.25, 0.3) is 0 Å². The van der Waals surface area contributed by atoms with Crippen LogP contribution in [0.1, 0.15) is 66.2 Å². The van der Waals surface area contributed by atoms with Gasteiger partial charge in [-0.1, -0.05) is 53.5 Å². The van der Waals surface area contributed by atoms with Crippen LogP contribution in [0, 0.1) is 11.3 Å². The lowest BCUT2D eigenvalue weighted by Crippen LogP contribution is -2.27. The fourth-order valence-electron chi connectivity index (χ4n) is 2.11. The lowest BCUT2D eigenvalue weighted by molar-refractivity contribution is 0.302. The van der Waals surface area contributed by atoms with E-state index in [-0.39, 0.29) is 0 Å². The van der Waals surface area contributed by atoms with Crippen LogP contribution in [0.2, 0.25) is 0 Å². The number of rotatable bonds is 10. The molecule has 2 heteroatoms. The van der Waals surface area contributed by atoms with E-state index in [0.717, 1.165) is 32.4 Å². The quantitative estimate of drug-likeness (QED) is 0.439. The summed E-state index contributed by atoms with van der Waals surface area (Å²) in [6.07, 6.45) is 6.94. The first-order chi connectivity index (χ1) is 8.37. The van der Waals surface area contributed by atoms with Crippen molar-refractivity contribution in [3.8, 4) is 0 Å². The van der Waals surface area contributed by atoms with E-state index in [1.165, 1.54) is 19.3 Å². The van der Waals surface area contributed by atoms with E-state index >= 15 is 0 Å². The summed E-state index contributed by atoms with van der Waals surface area (Å²) in [6.45, 7) is 14.8. The van der Waals surface area contributed by atoms with Crippen molar-refractivity contribution in [1.29, 1.82) is 0 Å². The van der Waals surface area contributed by atoms with Crippen LogP contribution >= 0.6 is 0 Å². The van der Waals surface area contributed by atoms with Crippen molar-refractivity contribution in [3.05, 3.63) is 12.3 Å². The number of aliphatic hydroxyl groups excluding tert-OH is 1. The summed E-state index contributed by atoms with van der Waals surface area (Å²) < 4.78 is 0. The Morgan fingerprint density at radius 3 is 2.33 bits per heavy atom. The third kappa shape index (κ3) is 10.6. The summed E-state index contributed by atoms with van der Waals surface area (Å²) in [5.41, 5.74) is 0.376. The molecule has 0 aliphatic rings. The molecule has 0 aromatic rings. The molecule has 0 fully saturated rings. The van der Waals surface area contributed by atoms with Crippen LogP contribution in [0.3, 0.4) is 0 Å². The molecule has 108 valence electrons. The Morgan fingerprint density at radius 1 is 1.17 bits per heavy atom. The van der Waals surface area contributed by atoms with Gasteiger partial charge in [-0.15, -0.1) is 0 Å². The highest BCUT2D eigenvalue weighted by Crippen LogP contribution is 2.20. The van der Waals surface area contributed by atoms with Gasteiger partial charge in [-0.05, 0) is 37.8 Å². The Morgan fingerprint density at radius 2 is 1.83 bits per heavy atom. The Bertz CT molecular complexity index is 218. The number of unbranched alkanes of at least 4 members (excludes halogenated alkanes) is 2. The van der Waals surface area contributed by atoms with Gasteiger partial charge in [-0.25, -0.2) is 0 Å². The highest BCUT2D eigenvalue weighted by Gasteiger charge is 2.10. The summed E-state index contributed by atoms with van der Waals surface area (Å²) in [6, 6.07) is 0. The molecule has 0 spiro atoms. The second kappa shape index (κ2) is 9.43. The number of allylic oxidation sites excluding steroid dienone is 1. The number of nitrogens with one attached hydrogen (secondary N) is 1. The van der Waals surface area contributed by atoms with Crippen LogP contribution in [-0.4, -0.2) is 18.2 Å². The van der Waals surface area contributed by atoms with Crippen molar-refractivity contribution in [2.24, 2.45) is 11.3 Å². The number of hydrogen-bond acceptors (Lipinski definition) is 2. The Hall–Kier alpha value is -0.500. The molecule has 0 heterocycles. The van der Waals surface area contributed by atoms with Gasteiger partial charge in [0.05, 0.1) is 5.76 Å². The SMILES string of the molecule is C=C(O)[C@@H](CCC)CCCCCNCC(C)(C)C. The van der Waals surface area contributed by atoms with Crippen molar-refractivity contribution < 1.29 is 5.11 Å². The minimum absolute atomic E-state index is 0.317. The maximum Gasteiger partial charge on any atom is 0.0881 e. The zero-order valence-electron chi connectivity index (χ0n) is 12.9. The molecule has 2 nitrogen and oxygen atoms in total. The summed E-state index contributed by atoms with van der Waals surface area (Å²) in [5, 5.41) is 13.0. The predicted molar refractivity (Wildman–Crippen MR) is 81.0 cm³/mol. The third-order valence-electron chi connectivity index (χ3n) is 3.17. The molecule has 0 aromatic heterocycles. The van der Waals surface area contributed by atoms with Gasteiger partial charge in [0.15, 0.2) is 0 Å². The minimum Gasteiger partial charge on any atom is -0.513 e. The van der Waals surface area contributed by atoms with E-state index in [1.807, 2.05) is 0 Å². The zero-order valence-corrected chi connectivity index (χ0v) is 12.9. The second-order valence-corrected chi connectivity index (χ2v) is 6.56. The highest BCUT2D eigenvalue weighted by atomic mass is 16.3. The first-order valence-corrected chi connectivity index (χ1v) is 7.45. The molecule has 0 amide bonds. The average molecular weight is 255 g/mol. The lowest BCUT2D eigenvalue weighted by Gasteiger charge is -2.18. The standard InChI is InChI=1S/C16H33NO/c1-6-10-15(14(2)18)11-8-7-9-12-17-13-16(3,4)5/h15,17-18H,2,6-13H2,1,3-5H3/t15-/m0/s1. The van der Waals surface area contributed by atoms with E-state index < -0.39 is 0 Å². The first kappa shape index (κ1) is 17.5. The van der Waals surface area contributed by atoms with Gasteiger partial charge in [-0.2, -0.15) is 0 Å². The first-order valence-electron chi connectivity index (χ1n) is 7.45. The molecule has 1 atom stereocenters. The topological polar surface area (TPSA) is 32.3 Å². The molecule has 0 radical (unpaired) electrons. The molecule has 0 aromatic carbocycles. The van der Waals surface area contributed by atoms with Gasteiger partial charge in [0, 0.05) is 5.92 Å². The fourth-order valence-corrected chi connectivity index (χ4v) is 2.11. The molecule has 0 saturated carbocycles. The van der Waals surface area contributed by atoms with Crippen molar-refractivity contribution in [1.82, 2.24) is 5.32 Å². The Kier molecular flexibility index (Phi) is 9.17. The van der Waals surface area contributed by atoms with E-state index in [4.69, 9.17) is 0 Å². The maximum atomic E-state index is 9.47. The fraction of sp³-hybridized carbons (Fsp3) is 0.875. The summed E-state index contributed by atoms with van der Waals surface area (Å²) >= 11 is 0. The molecule has 0 unspecified atom stereocenters. The summed E-state index contributed by atoms with van der Waals surface area (Å²) in [5.74, 6) is 0.695. The van der Waals surface area contributed by atoms with Gasteiger partial charge in [-0.3, -0.25) is 0 Å². The summed E-state index contributed by atoms with van der Waals surface area (Å²) in [4.78, 5) is 0. The molecule has 0 bridgehead atoms. The molecule has 18 heavy (non-hydrogen) atoms. The monoisotopic (exact) mass is 255 g/mol. The van der Waals surface area contributed by atoms with Crippen LogP contribution in [0.25, 0.3) is 0 Å². The van der Waals surface area contributed by atoms with Crippen LogP contribution in [-0.2, 0) is 0 Å². The third-order valence-corrected chi connectivity index (χ3v) is 3.17. The Labute approximate surface area is 114 Å². The molecule has 2 N–H and O–H groups in total. The molecular formula is C16H33NO. The van der Waals surface area contributed by atoms with E-state index in [2.05, 4.69) is 39.6 Å². The Balaban J connectivity index is 3.46. The maximum absolute atomic E-state index is 9.47. The van der Waals surface area contributed by atoms with Gasteiger partial charge in [0.1, 0.15) is 0 Å². The highest BCUT2D eigenvalue weighted by molar-refractivity contribution is 4.88. The molecular weight excluding hydrogens is 222 g/mol. The zero-order chi connectivity index (χ0) is 14.0. The van der Waals surface area contributed by atoms with Crippen molar-refractivity contribution in [2.45, 2.75) is 66.2 Å². The van der Waals surface area contributed by atoms with Crippen molar-refractivity contribution in [3.63, 3.8) is 0 Å². The van der Waals surface area contributed by atoms with Gasteiger partial charge >= 0.3 is 0 Å². The van der Waals surface area contributed by atoms with Crippen LogP contribution in [0.15, 0.2) is 12.3 Å². The van der Waals surface area contributed by atoms with E-state index in [1.54, 1.807) is 0 Å². The van der Waals surface area contributed by atoms with Gasteiger partial charge in [0.2, 0.25) is 0 Å². The van der Waals surface area contributed by atoms with E-state index in [9.17, 15) is 5.11 Å². The van der Waals surface area contributed by atoms with Crippen LogP contribution in [0.4, 0.5) is 0 Å². The predicted octanol–water partition coefficient (Wildman–Crippen LogP) is 4.67. The summed E-state index contributed by atoms with van der Waals surface area (Å²) in [7, 11) is 0. The minimum atomic E-state index is 0.317. The van der Waals surface area contributed by atoms with Crippen LogP contribution < -0.4 is 5.32 Å². The van der Waals surface area contributed by atoms with Crippen molar-refractivity contribution >= 4 is 0 Å².